The molecular weight excluding hydrogens is 360 g/mol. The molecule has 0 aliphatic carbocycles. The van der Waals surface area contributed by atoms with Crippen LogP contribution in [-0.4, -0.2) is 37.7 Å². The lowest BCUT2D eigenvalue weighted by Gasteiger charge is -2.31. The molecule has 1 N–H and O–H groups in total. The van der Waals surface area contributed by atoms with Gasteiger partial charge in [-0.15, -0.1) is 0 Å². The average molecular weight is 382 g/mol. The number of rotatable bonds is 4. The number of ether oxygens (including phenoxy) is 3. The van der Waals surface area contributed by atoms with Crippen molar-refractivity contribution in [1.82, 2.24) is 0 Å². The molecule has 0 radical (unpaired) electrons. The van der Waals surface area contributed by atoms with Crippen LogP contribution in [0.15, 0.2) is 42.5 Å². The average Bonchev–Trinajstić information content (AvgIpc) is 3.13. The monoisotopic (exact) mass is 382 g/mol. The van der Waals surface area contributed by atoms with E-state index in [4.69, 9.17) is 14.2 Å². The standard InChI is InChI=1S/C21H22N2O5/c1-13-20(28-18-7-4-3-6-17(18)27-13)21(25)22-14-9-10-16(26-2)15(12-14)23-11-5-8-19(23)24/h3-4,6-7,9-10,12-13,20H,5,8,11H2,1-2H3,(H,22,25). The number of nitrogens with one attached hydrogen (secondary N) is 1. The number of anilines is 2. The molecule has 2 aliphatic heterocycles. The van der Waals surface area contributed by atoms with Gasteiger partial charge in [-0.1, -0.05) is 12.1 Å². The fourth-order valence-corrected chi connectivity index (χ4v) is 3.50. The Labute approximate surface area is 163 Å². The maximum absolute atomic E-state index is 12.8. The first-order valence-electron chi connectivity index (χ1n) is 9.28. The largest absolute Gasteiger partial charge is 0.495 e. The third kappa shape index (κ3) is 3.35. The van der Waals surface area contributed by atoms with Crippen molar-refractivity contribution in [1.29, 1.82) is 0 Å². The van der Waals surface area contributed by atoms with Gasteiger partial charge in [-0.3, -0.25) is 9.59 Å². The lowest BCUT2D eigenvalue weighted by Crippen LogP contribution is -2.46. The molecule has 0 spiro atoms. The summed E-state index contributed by atoms with van der Waals surface area (Å²) in [4.78, 5) is 26.6. The van der Waals surface area contributed by atoms with Crippen LogP contribution >= 0.6 is 0 Å². The quantitative estimate of drug-likeness (QED) is 0.880. The van der Waals surface area contributed by atoms with Crippen molar-refractivity contribution in [3.63, 3.8) is 0 Å². The minimum absolute atomic E-state index is 0.0519. The highest BCUT2D eigenvalue weighted by molar-refractivity contribution is 5.99. The number of fused-ring (bicyclic) bond motifs is 1. The van der Waals surface area contributed by atoms with Gasteiger partial charge in [-0.05, 0) is 43.7 Å². The van der Waals surface area contributed by atoms with Crippen molar-refractivity contribution >= 4 is 23.2 Å². The van der Waals surface area contributed by atoms with Crippen molar-refractivity contribution in [3.05, 3.63) is 42.5 Å². The zero-order chi connectivity index (χ0) is 19.7. The van der Waals surface area contributed by atoms with Crippen LogP contribution in [0.5, 0.6) is 17.2 Å². The number of benzene rings is 2. The van der Waals surface area contributed by atoms with E-state index in [1.807, 2.05) is 18.2 Å². The van der Waals surface area contributed by atoms with E-state index in [1.165, 1.54) is 0 Å². The fourth-order valence-electron chi connectivity index (χ4n) is 3.50. The number of para-hydroxylation sites is 2. The summed E-state index contributed by atoms with van der Waals surface area (Å²) in [7, 11) is 1.56. The third-order valence-corrected chi connectivity index (χ3v) is 4.91. The molecule has 1 fully saturated rings. The van der Waals surface area contributed by atoms with Gasteiger partial charge in [0.1, 0.15) is 11.9 Å². The highest BCUT2D eigenvalue weighted by Gasteiger charge is 2.34. The minimum atomic E-state index is -0.783. The number of carbonyl (C=O) groups is 2. The molecule has 2 amide bonds. The summed E-state index contributed by atoms with van der Waals surface area (Å²) >= 11 is 0. The predicted octanol–water partition coefficient (Wildman–Crippen LogP) is 2.99. The van der Waals surface area contributed by atoms with Crippen LogP contribution in [0.25, 0.3) is 0 Å². The Morgan fingerprint density at radius 2 is 1.93 bits per heavy atom. The maximum atomic E-state index is 12.8. The molecule has 2 aromatic rings. The number of hydrogen-bond donors (Lipinski definition) is 1. The molecule has 28 heavy (non-hydrogen) atoms. The van der Waals surface area contributed by atoms with Gasteiger partial charge in [-0.2, -0.15) is 0 Å². The summed E-state index contributed by atoms with van der Waals surface area (Å²) in [5.74, 6) is 1.49. The van der Waals surface area contributed by atoms with Crippen LogP contribution in [0, 0.1) is 0 Å². The molecule has 0 aromatic heterocycles. The van der Waals surface area contributed by atoms with Gasteiger partial charge in [0, 0.05) is 18.7 Å². The Morgan fingerprint density at radius 3 is 2.61 bits per heavy atom. The Hall–Kier alpha value is -3.22. The van der Waals surface area contributed by atoms with E-state index >= 15 is 0 Å². The maximum Gasteiger partial charge on any atom is 0.269 e. The summed E-state index contributed by atoms with van der Waals surface area (Å²) in [6.45, 7) is 2.43. The Bertz CT molecular complexity index is 913. The van der Waals surface area contributed by atoms with Crippen LogP contribution in [0.1, 0.15) is 19.8 Å². The summed E-state index contributed by atoms with van der Waals surface area (Å²) in [5.41, 5.74) is 1.22. The topological polar surface area (TPSA) is 77.1 Å². The van der Waals surface area contributed by atoms with E-state index in [1.54, 1.807) is 43.2 Å². The first-order chi connectivity index (χ1) is 13.6. The van der Waals surface area contributed by atoms with Crippen molar-refractivity contribution in [3.8, 4) is 17.2 Å². The van der Waals surface area contributed by atoms with Crippen molar-refractivity contribution in [2.45, 2.75) is 32.0 Å². The zero-order valence-electron chi connectivity index (χ0n) is 15.8. The van der Waals surface area contributed by atoms with E-state index < -0.39 is 12.2 Å². The Morgan fingerprint density at radius 1 is 1.18 bits per heavy atom. The van der Waals surface area contributed by atoms with Gasteiger partial charge in [-0.25, -0.2) is 0 Å². The van der Waals surface area contributed by atoms with Crippen LogP contribution in [0.2, 0.25) is 0 Å². The van der Waals surface area contributed by atoms with Gasteiger partial charge in [0.05, 0.1) is 12.8 Å². The van der Waals surface area contributed by atoms with Crippen molar-refractivity contribution in [2.75, 3.05) is 23.9 Å². The minimum Gasteiger partial charge on any atom is -0.495 e. The molecule has 7 nitrogen and oxygen atoms in total. The number of methoxy groups -OCH3 is 1. The van der Waals surface area contributed by atoms with Crippen LogP contribution in [0.3, 0.4) is 0 Å². The normalized spacial score (nSPS) is 20.8. The Balaban J connectivity index is 1.54. The lowest BCUT2D eigenvalue weighted by molar-refractivity contribution is -0.128. The number of carbonyl (C=O) groups excluding carboxylic acids is 2. The van der Waals surface area contributed by atoms with Crippen molar-refractivity contribution < 1.29 is 23.8 Å². The summed E-state index contributed by atoms with van der Waals surface area (Å²) < 4.78 is 17.0. The van der Waals surface area contributed by atoms with E-state index in [-0.39, 0.29) is 11.8 Å². The molecule has 2 aliphatic rings. The molecule has 146 valence electrons. The van der Waals surface area contributed by atoms with E-state index in [9.17, 15) is 9.59 Å². The van der Waals surface area contributed by atoms with Crippen LogP contribution in [0.4, 0.5) is 11.4 Å². The van der Waals surface area contributed by atoms with Gasteiger partial charge in [0.2, 0.25) is 12.0 Å². The molecule has 1 saturated heterocycles. The highest BCUT2D eigenvalue weighted by Crippen LogP contribution is 2.36. The second-order valence-corrected chi connectivity index (χ2v) is 6.83. The molecule has 2 atom stereocenters. The summed E-state index contributed by atoms with van der Waals surface area (Å²) in [5, 5.41) is 2.87. The van der Waals surface area contributed by atoms with Crippen LogP contribution in [-0.2, 0) is 9.59 Å². The molecular formula is C21H22N2O5. The molecule has 2 unspecified atom stereocenters. The molecule has 2 aromatic carbocycles. The van der Waals surface area contributed by atoms with Gasteiger partial charge < -0.3 is 24.4 Å². The summed E-state index contributed by atoms with van der Waals surface area (Å²) in [6.07, 6.45) is 0.105. The Kier molecular flexibility index (Phi) is 4.81. The third-order valence-electron chi connectivity index (χ3n) is 4.91. The fraction of sp³-hybridized carbons (Fsp3) is 0.333. The van der Waals surface area contributed by atoms with Crippen molar-refractivity contribution in [2.24, 2.45) is 0 Å². The SMILES string of the molecule is COc1ccc(NC(=O)C2Oc3ccccc3OC2C)cc1N1CCCC1=O. The highest BCUT2D eigenvalue weighted by atomic mass is 16.6. The van der Waals surface area contributed by atoms with Gasteiger partial charge in [0.15, 0.2) is 11.5 Å². The summed E-state index contributed by atoms with van der Waals surface area (Å²) in [6, 6.07) is 12.5. The van der Waals surface area contributed by atoms with E-state index in [0.29, 0.717) is 41.6 Å². The zero-order valence-corrected chi connectivity index (χ0v) is 15.8. The first kappa shape index (κ1) is 18.2. The lowest BCUT2D eigenvalue weighted by atomic mass is 10.1. The van der Waals surface area contributed by atoms with E-state index in [0.717, 1.165) is 6.42 Å². The smallest absolute Gasteiger partial charge is 0.269 e. The first-order valence-corrected chi connectivity index (χ1v) is 9.28. The molecule has 4 rings (SSSR count). The number of nitrogens with zero attached hydrogens (tertiary/aromatic N) is 1. The predicted molar refractivity (Wildman–Crippen MR) is 104 cm³/mol. The molecule has 2 heterocycles. The second-order valence-electron chi connectivity index (χ2n) is 6.83. The van der Waals surface area contributed by atoms with Gasteiger partial charge >= 0.3 is 0 Å². The van der Waals surface area contributed by atoms with E-state index in [2.05, 4.69) is 5.32 Å². The molecule has 7 heteroatoms. The van der Waals surface area contributed by atoms with Gasteiger partial charge in [0.25, 0.3) is 5.91 Å². The van der Waals surface area contributed by atoms with Crippen LogP contribution < -0.4 is 24.4 Å². The second kappa shape index (κ2) is 7.42. The number of hydrogen-bond acceptors (Lipinski definition) is 5. The number of amides is 2. The molecule has 0 saturated carbocycles. The molecule has 0 bridgehead atoms.